The van der Waals surface area contributed by atoms with E-state index in [1.54, 1.807) is 13.8 Å². The maximum Gasteiger partial charge on any atom is 0.309 e. The Bertz CT molecular complexity index is 186. The molecular formula is C12H25NO2. The third-order valence-corrected chi connectivity index (χ3v) is 3.00. The largest absolute Gasteiger partial charge is 0.481 e. The highest BCUT2D eigenvalue weighted by molar-refractivity contribution is 5.73. The Morgan fingerprint density at radius 2 is 1.73 bits per heavy atom. The van der Waals surface area contributed by atoms with Crippen LogP contribution in [-0.4, -0.2) is 35.6 Å². The van der Waals surface area contributed by atoms with Crippen LogP contribution in [0.3, 0.4) is 0 Å². The highest BCUT2D eigenvalue weighted by Crippen LogP contribution is 2.23. The molecule has 0 aromatic heterocycles. The molecule has 0 unspecified atom stereocenters. The first-order valence-corrected chi connectivity index (χ1v) is 5.89. The second-order valence-electron chi connectivity index (χ2n) is 4.67. The lowest BCUT2D eigenvalue weighted by Crippen LogP contribution is -2.26. The van der Waals surface area contributed by atoms with Gasteiger partial charge >= 0.3 is 5.97 Å². The average molecular weight is 215 g/mol. The van der Waals surface area contributed by atoms with E-state index in [2.05, 4.69) is 18.7 Å². The van der Waals surface area contributed by atoms with Crippen molar-refractivity contribution in [3.63, 3.8) is 0 Å². The first-order chi connectivity index (χ1) is 6.94. The molecule has 0 aliphatic carbocycles. The van der Waals surface area contributed by atoms with Gasteiger partial charge in [-0.25, -0.2) is 0 Å². The van der Waals surface area contributed by atoms with Crippen molar-refractivity contribution in [3.8, 4) is 0 Å². The maximum absolute atomic E-state index is 10.9. The standard InChI is InChI=1S/C12H25NO2/c1-5-13(6-2)10-8-7-9-12(3,4)11(14)15/h5-10H2,1-4H3,(H,14,15). The van der Waals surface area contributed by atoms with Crippen LogP contribution in [0.2, 0.25) is 0 Å². The minimum Gasteiger partial charge on any atom is -0.481 e. The molecule has 0 aromatic carbocycles. The molecule has 0 aliphatic heterocycles. The van der Waals surface area contributed by atoms with Crippen LogP contribution in [0.5, 0.6) is 0 Å². The number of carboxylic acids is 1. The molecule has 3 heteroatoms. The molecule has 0 spiro atoms. The highest BCUT2D eigenvalue weighted by Gasteiger charge is 2.25. The van der Waals surface area contributed by atoms with E-state index in [9.17, 15) is 4.79 Å². The second-order valence-corrected chi connectivity index (χ2v) is 4.67. The molecule has 0 aliphatic rings. The molecule has 0 aromatic rings. The number of rotatable bonds is 8. The Balaban J connectivity index is 3.66. The fraction of sp³-hybridized carbons (Fsp3) is 0.917. The molecule has 0 rings (SSSR count). The van der Waals surface area contributed by atoms with Crippen molar-refractivity contribution in [2.45, 2.75) is 47.0 Å². The normalized spacial score (nSPS) is 12.1. The molecule has 1 N–H and O–H groups in total. The van der Waals surface area contributed by atoms with Crippen LogP contribution in [0.15, 0.2) is 0 Å². The Hall–Kier alpha value is -0.570. The van der Waals surface area contributed by atoms with Crippen molar-refractivity contribution in [1.29, 1.82) is 0 Å². The Morgan fingerprint density at radius 1 is 1.20 bits per heavy atom. The van der Waals surface area contributed by atoms with Crippen molar-refractivity contribution < 1.29 is 9.90 Å². The van der Waals surface area contributed by atoms with E-state index in [0.29, 0.717) is 0 Å². The molecule has 15 heavy (non-hydrogen) atoms. The van der Waals surface area contributed by atoms with Gasteiger partial charge in [-0.3, -0.25) is 4.79 Å². The molecule has 0 bridgehead atoms. The second kappa shape index (κ2) is 6.83. The van der Waals surface area contributed by atoms with Crippen molar-refractivity contribution in [2.75, 3.05) is 19.6 Å². The van der Waals surface area contributed by atoms with Gasteiger partial charge in [-0.15, -0.1) is 0 Å². The molecule has 0 saturated heterocycles. The zero-order valence-corrected chi connectivity index (χ0v) is 10.5. The van der Waals surface area contributed by atoms with E-state index in [1.165, 1.54) is 0 Å². The van der Waals surface area contributed by atoms with Gasteiger partial charge in [-0.2, -0.15) is 0 Å². The summed E-state index contributed by atoms with van der Waals surface area (Å²) in [5, 5.41) is 8.93. The number of aliphatic carboxylic acids is 1. The van der Waals surface area contributed by atoms with Gasteiger partial charge in [0.1, 0.15) is 0 Å². The number of hydrogen-bond acceptors (Lipinski definition) is 2. The molecule has 0 radical (unpaired) electrons. The van der Waals surface area contributed by atoms with Crippen molar-refractivity contribution in [3.05, 3.63) is 0 Å². The number of nitrogens with zero attached hydrogens (tertiary/aromatic N) is 1. The van der Waals surface area contributed by atoms with Gasteiger partial charge in [-0.1, -0.05) is 20.3 Å². The van der Waals surface area contributed by atoms with Crippen LogP contribution in [0, 0.1) is 5.41 Å². The van der Waals surface area contributed by atoms with Crippen molar-refractivity contribution in [2.24, 2.45) is 5.41 Å². The zero-order valence-electron chi connectivity index (χ0n) is 10.5. The van der Waals surface area contributed by atoms with E-state index < -0.39 is 11.4 Å². The monoisotopic (exact) mass is 215 g/mol. The summed E-state index contributed by atoms with van der Waals surface area (Å²) in [5.74, 6) is -0.690. The molecular weight excluding hydrogens is 190 g/mol. The van der Waals surface area contributed by atoms with Crippen LogP contribution < -0.4 is 0 Å². The van der Waals surface area contributed by atoms with Crippen molar-refractivity contribution in [1.82, 2.24) is 4.90 Å². The number of carboxylic acid groups (broad SMARTS) is 1. The van der Waals surface area contributed by atoms with Crippen LogP contribution in [-0.2, 0) is 4.79 Å². The van der Waals surface area contributed by atoms with E-state index in [-0.39, 0.29) is 0 Å². The summed E-state index contributed by atoms with van der Waals surface area (Å²) in [4.78, 5) is 13.2. The topological polar surface area (TPSA) is 40.5 Å². The molecule has 0 heterocycles. The van der Waals surface area contributed by atoms with Gasteiger partial charge in [0, 0.05) is 0 Å². The van der Waals surface area contributed by atoms with Gasteiger partial charge in [0.25, 0.3) is 0 Å². The van der Waals surface area contributed by atoms with Crippen LogP contribution >= 0.6 is 0 Å². The molecule has 0 atom stereocenters. The smallest absolute Gasteiger partial charge is 0.309 e. The Labute approximate surface area is 93.5 Å². The van der Waals surface area contributed by atoms with Crippen LogP contribution in [0.4, 0.5) is 0 Å². The molecule has 0 fully saturated rings. The van der Waals surface area contributed by atoms with Crippen LogP contribution in [0.25, 0.3) is 0 Å². The lowest BCUT2D eigenvalue weighted by atomic mass is 9.87. The Morgan fingerprint density at radius 3 is 2.13 bits per heavy atom. The highest BCUT2D eigenvalue weighted by atomic mass is 16.4. The van der Waals surface area contributed by atoms with Crippen LogP contribution in [0.1, 0.15) is 47.0 Å². The lowest BCUT2D eigenvalue weighted by Gasteiger charge is -2.21. The summed E-state index contributed by atoms with van der Waals surface area (Å²) in [7, 11) is 0. The summed E-state index contributed by atoms with van der Waals surface area (Å²) < 4.78 is 0. The predicted molar refractivity (Wildman–Crippen MR) is 63.1 cm³/mol. The van der Waals surface area contributed by atoms with Gasteiger partial charge < -0.3 is 10.0 Å². The SMILES string of the molecule is CCN(CC)CCCCC(C)(C)C(=O)O. The van der Waals surface area contributed by atoms with Crippen molar-refractivity contribution >= 4 is 5.97 Å². The minimum absolute atomic E-state index is 0.566. The van der Waals surface area contributed by atoms with Gasteiger partial charge in [0.05, 0.1) is 5.41 Å². The van der Waals surface area contributed by atoms with Gasteiger partial charge in [-0.05, 0) is 46.3 Å². The van der Waals surface area contributed by atoms with E-state index in [4.69, 9.17) is 5.11 Å². The number of carbonyl (C=O) groups is 1. The molecule has 3 nitrogen and oxygen atoms in total. The zero-order chi connectivity index (χ0) is 11.9. The first kappa shape index (κ1) is 14.4. The third-order valence-electron chi connectivity index (χ3n) is 3.00. The van der Waals surface area contributed by atoms with Gasteiger partial charge in [0.2, 0.25) is 0 Å². The first-order valence-electron chi connectivity index (χ1n) is 5.89. The van der Waals surface area contributed by atoms with E-state index >= 15 is 0 Å². The fourth-order valence-corrected chi connectivity index (χ4v) is 1.55. The number of unbranched alkanes of at least 4 members (excludes halogenated alkanes) is 1. The number of hydrogen-bond donors (Lipinski definition) is 1. The third kappa shape index (κ3) is 5.78. The lowest BCUT2D eigenvalue weighted by molar-refractivity contribution is -0.147. The molecule has 90 valence electrons. The summed E-state index contributed by atoms with van der Waals surface area (Å²) in [6, 6.07) is 0. The predicted octanol–water partition coefficient (Wildman–Crippen LogP) is 2.61. The van der Waals surface area contributed by atoms with E-state index in [0.717, 1.165) is 38.9 Å². The molecule has 0 saturated carbocycles. The summed E-state index contributed by atoms with van der Waals surface area (Å²) in [6.07, 6.45) is 2.86. The minimum atomic E-state index is -0.690. The Kier molecular flexibility index (Phi) is 6.57. The van der Waals surface area contributed by atoms with E-state index in [1.807, 2.05) is 0 Å². The summed E-state index contributed by atoms with van der Waals surface area (Å²) in [5.41, 5.74) is -0.566. The summed E-state index contributed by atoms with van der Waals surface area (Å²) >= 11 is 0. The summed E-state index contributed by atoms with van der Waals surface area (Å²) in [6.45, 7) is 11.2. The quantitative estimate of drug-likeness (QED) is 0.633. The fourth-order valence-electron chi connectivity index (χ4n) is 1.55. The molecule has 0 amide bonds. The average Bonchev–Trinajstić information content (AvgIpc) is 2.18. The maximum atomic E-state index is 10.9. The van der Waals surface area contributed by atoms with Gasteiger partial charge in [0.15, 0.2) is 0 Å².